The third-order valence-electron chi connectivity index (χ3n) is 2.11. The molecular weight excluding hydrogens is 316 g/mol. The number of methoxy groups -OCH3 is 1. The van der Waals surface area contributed by atoms with Crippen LogP contribution < -0.4 is 15.4 Å². The number of ether oxygens (including phenoxy) is 2. The van der Waals surface area contributed by atoms with Gasteiger partial charge in [0.2, 0.25) is 0 Å². The molecule has 19 heavy (non-hydrogen) atoms. The van der Waals surface area contributed by atoms with E-state index in [0.29, 0.717) is 11.4 Å². The average Bonchev–Trinajstić information content (AvgIpc) is 2.39. The summed E-state index contributed by atoms with van der Waals surface area (Å²) >= 11 is 3.31. The van der Waals surface area contributed by atoms with Crippen LogP contribution in [0.3, 0.4) is 0 Å². The van der Waals surface area contributed by atoms with Crippen LogP contribution >= 0.6 is 15.9 Å². The van der Waals surface area contributed by atoms with E-state index in [9.17, 15) is 9.59 Å². The van der Waals surface area contributed by atoms with E-state index in [0.717, 1.165) is 4.47 Å². The molecule has 0 aliphatic heterocycles. The molecule has 0 heterocycles. The monoisotopic (exact) mass is 330 g/mol. The van der Waals surface area contributed by atoms with Gasteiger partial charge in [0.1, 0.15) is 12.3 Å². The van der Waals surface area contributed by atoms with Gasteiger partial charge in [-0.15, -0.1) is 0 Å². The summed E-state index contributed by atoms with van der Waals surface area (Å²) in [5.41, 5.74) is 0.557. The molecular formula is C12H15BrN2O4. The van der Waals surface area contributed by atoms with Crippen LogP contribution in [0.4, 0.5) is 10.5 Å². The highest BCUT2D eigenvalue weighted by Gasteiger charge is 2.07. The van der Waals surface area contributed by atoms with Crippen molar-refractivity contribution in [3.05, 3.63) is 22.7 Å². The largest absolute Gasteiger partial charge is 0.495 e. The van der Waals surface area contributed by atoms with Gasteiger partial charge in [0.25, 0.3) is 0 Å². The molecule has 104 valence electrons. The zero-order valence-corrected chi connectivity index (χ0v) is 12.2. The number of urea groups is 1. The van der Waals surface area contributed by atoms with Crippen molar-refractivity contribution < 1.29 is 19.1 Å². The second-order valence-electron chi connectivity index (χ2n) is 3.46. The third kappa shape index (κ3) is 5.17. The second kappa shape index (κ2) is 7.63. The van der Waals surface area contributed by atoms with Crippen LogP contribution in [0.5, 0.6) is 5.75 Å². The smallest absolute Gasteiger partial charge is 0.325 e. The van der Waals surface area contributed by atoms with Gasteiger partial charge in [0, 0.05) is 11.8 Å². The third-order valence-corrected chi connectivity index (χ3v) is 2.76. The van der Waals surface area contributed by atoms with Gasteiger partial charge in [0.05, 0.1) is 18.2 Å². The highest BCUT2D eigenvalue weighted by molar-refractivity contribution is 9.10. The maximum atomic E-state index is 11.5. The van der Waals surface area contributed by atoms with Gasteiger partial charge >= 0.3 is 12.0 Å². The molecule has 0 saturated heterocycles. The highest BCUT2D eigenvalue weighted by atomic mass is 79.9. The van der Waals surface area contributed by atoms with Gasteiger partial charge < -0.3 is 20.1 Å². The Morgan fingerprint density at radius 2 is 2.11 bits per heavy atom. The predicted octanol–water partition coefficient (Wildman–Crippen LogP) is 2.14. The number of amides is 2. The van der Waals surface area contributed by atoms with Crippen molar-refractivity contribution in [2.24, 2.45) is 0 Å². The lowest BCUT2D eigenvalue weighted by Gasteiger charge is -2.09. The Balaban J connectivity index is 2.50. The van der Waals surface area contributed by atoms with E-state index < -0.39 is 12.0 Å². The number of anilines is 1. The Bertz CT molecular complexity index is 465. The molecule has 2 amide bonds. The number of esters is 1. The van der Waals surface area contributed by atoms with Crippen LogP contribution in [0, 0.1) is 0 Å². The van der Waals surface area contributed by atoms with E-state index in [1.165, 1.54) is 7.11 Å². The van der Waals surface area contributed by atoms with Gasteiger partial charge in [-0.1, -0.05) is 0 Å². The molecule has 0 aliphatic rings. The molecule has 0 saturated carbocycles. The molecule has 1 aromatic rings. The zero-order valence-electron chi connectivity index (χ0n) is 10.7. The van der Waals surface area contributed by atoms with Crippen molar-refractivity contribution in [1.82, 2.24) is 5.32 Å². The number of hydrogen-bond acceptors (Lipinski definition) is 4. The number of hydrogen-bond donors (Lipinski definition) is 2. The van der Waals surface area contributed by atoms with Gasteiger partial charge in [-0.3, -0.25) is 4.79 Å². The minimum atomic E-state index is -0.488. The first-order chi connectivity index (χ1) is 9.06. The molecule has 0 unspecified atom stereocenters. The Hall–Kier alpha value is -1.76. The fourth-order valence-electron chi connectivity index (χ4n) is 1.28. The van der Waals surface area contributed by atoms with Gasteiger partial charge in [-0.2, -0.15) is 0 Å². The number of rotatable bonds is 5. The number of carbonyl (C=O) groups excluding carboxylic acids is 2. The van der Waals surface area contributed by atoms with Crippen LogP contribution in [-0.2, 0) is 9.53 Å². The molecule has 0 spiro atoms. The lowest BCUT2D eigenvalue weighted by atomic mass is 10.3. The van der Waals surface area contributed by atoms with E-state index in [2.05, 4.69) is 31.3 Å². The summed E-state index contributed by atoms with van der Waals surface area (Å²) in [4.78, 5) is 22.6. The first-order valence-corrected chi connectivity index (χ1v) is 6.40. The standard InChI is InChI=1S/C12H15BrN2O4/c1-3-19-11(16)7-14-12(17)15-8-4-5-9(13)10(6-8)18-2/h4-6H,3,7H2,1-2H3,(H2,14,15,17). The summed E-state index contributed by atoms with van der Waals surface area (Å²) < 4.78 is 10.6. The predicted molar refractivity (Wildman–Crippen MR) is 74.3 cm³/mol. The average molecular weight is 331 g/mol. The number of nitrogens with one attached hydrogen (secondary N) is 2. The minimum absolute atomic E-state index is 0.173. The van der Waals surface area contributed by atoms with E-state index in [-0.39, 0.29) is 13.2 Å². The summed E-state index contributed by atoms with van der Waals surface area (Å²) in [6.45, 7) is 1.81. The first kappa shape index (κ1) is 15.3. The second-order valence-corrected chi connectivity index (χ2v) is 4.32. The van der Waals surface area contributed by atoms with Crippen LogP contribution in [0.25, 0.3) is 0 Å². The lowest BCUT2D eigenvalue weighted by molar-refractivity contribution is -0.141. The minimum Gasteiger partial charge on any atom is -0.495 e. The van der Waals surface area contributed by atoms with Crippen LogP contribution in [0.2, 0.25) is 0 Å². The van der Waals surface area contributed by atoms with Gasteiger partial charge in [-0.25, -0.2) is 4.79 Å². The first-order valence-electron chi connectivity index (χ1n) is 5.60. The molecule has 7 heteroatoms. The molecule has 0 aliphatic carbocycles. The summed E-state index contributed by atoms with van der Waals surface area (Å²) in [7, 11) is 1.53. The summed E-state index contributed by atoms with van der Waals surface area (Å²) in [6.07, 6.45) is 0. The normalized spacial score (nSPS) is 9.63. The Morgan fingerprint density at radius 3 is 2.74 bits per heavy atom. The molecule has 6 nitrogen and oxygen atoms in total. The van der Waals surface area contributed by atoms with Crippen molar-refractivity contribution in [3.63, 3.8) is 0 Å². The van der Waals surface area contributed by atoms with Crippen LogP contribution in [-0.4, -0.2) is 32.3 Å². The summed E-state index contributed by atoms with van der Waals surface area (Å²) in [5, 5.41) is 4.97. The number of carbonyl (C=O) groups is 2. The van der Waals surface area contributed by atoms with Crippen molar-refractivity contribution >= 4 is 33.6 Å². The van der Waals surface area contributed by atoms with Crippen LogP contribution in [0.1, 0.15) is 6.92 Å². The molecule has 2 N–H and O–H groups in total. The molecule has 1 aromatic carbocycles. The molecule has 0 atom stereocenters. The Morgan fingerprint density at radius 1 is 1.37 bits per heavy atom. The molecule has 0 radical (unpaired) electrons. The lowest BCUT2D eigenvalue weighted by Crippen LogP contribution is -2.34. The van der Waals surface area contributed by atoms with Crippen molar-refractivity contribution in [1.29, 1.82) is 0 Å². The van der Waals surface area contributed by atoms with Crippen molar-refractivity contribution in [2.45, 2.75) is 6.92 Å². The highest BCUT2D eigenvalue weighted by Crippen LogP contribution is 2.27. The fraction of sp³-hybridized carbons (Fsp3) is 0.333. The maximum Gasteiger partial charge on any atom is 0.325 e. The molecule has 1 rings (SSSR count). The maximum absolute atomic E-state index is 11.5. The van der Waals surface area contributed by atoms with Gasteiger partial charge in [-0.05, 0) is 35.0 Å². The number of benzene rings is 1. The van der Waals surface area contributed by atoms with Gasteiger partial charge in [0.15, 0.2) is 0 Å². The topological polar surface area (TPSA) is 76.7 Å². The van der Waals surface area contributed by atoms with E-state index in [1.807, 2.05) is 0 Å². The molecule has 0 aromatic heterocycles. The van der Waals surface area contributed by atoms with E-state index >= 15 is 0 Å². The van der Waals surface area contributed by atoms with E-state index in [1.54, 1.807) is 25.1 Å². The Labute approximate surface area is 119 Å². The number of halogens is 1. The SMILES string of the molecule is CCOC(=O)CNC(=O)Nc1ccc(Br)c(OC)c1. The zero-order chi connectivity index (χ0) is 14.3. The quantitative estimate of drug-likeness (QED) is 0.811. The fourth-order valence-corrected chi connectivity index (χ4v) is 1.69. The Kier molecular flexibility index (Phi) is 6.14. The van der Waals surface area contributed by atoms with Crippen molar-refractivity contribution in [3.8, 4) is 5.75 Å². The molecule has 0 fully saturated rings. The summed E-state index contributed by atoms with van der Waals surface area (Å²) in [6, 6.07) is 4.63. The van der Waals surface area contributed by atoms with Crippen LogP contribution in [0.15, 0.2) is 22.7 Å². The summed E-state index contributed by atoms with van der Waals surface area (Å²) in [5.74, 6) is 0.120. The molecule has 0 bridgehead atoms. The van der Waals surface area contributed by atoms with E-state index in [4.69, 9.17) is 4.74 Å². The van der Waals surface area contributed by atoms with Crippen molar-refractivity contribution in [2.75, 3.05) is 25.6 Å².